The molecule has 0 bridgehead atoms. The van der Waals surface area contributed by atoms with Crippen LogP contribution in [-0.2, 0) is 22.2 Å². The highest BCUT2D eigenvalue weighted by Crippen LogP contribution is 2.45. The Labute approximate surface area is 180 Å². The standard InChI is InChI=1S/C19H20N4O2.C2HF3O2/c1-22-10-9-20-17(22)15-7-8-19(11-15,18(24)25)23-13-16(12-21-23)14-5-3-2-4-6-14;3-2(4,5)1(6)7/h2-6,9-10,12-13,15H,7-8,11H2,1H3,(H,24,25);(H,6,7). The van der Waals surface area contributed by atoms with Crippen molar-refractivity contribution < 1.29 is 33.0 Å². The third-order valence-corrected chi connectivity index (χ3v) is 5.48. The minimum atomic E-state index is -5.08. The van der Waals surface area contributed by atoms with Gasteiger partial charge in [-0.15, -0.1) is 0 Å². The Hall–Kier alpha value is -3.63. The van der Waals surface area contributed by atoms with Crippen LogP contribution in [0.4, 0.5) is 13.2 Å². The Balaban J connectivity index is 0.000000360. The van der Waals surface area contributed by atoms with Crippen LogP contribution < -0.4 is 0 Å². The Bertz CT molecular complexity index is 1090. The minimum absolute atomic E-state index is 0.125. The van der Waals surface area contributed by atoms with Crippen molar-refractivity contribution >= 4 is 11.9 Å². The van der Waals surface area contributed by atoms with Gasteiger partial charge >= 0.3 is 18.1 Å². The van der Waals surface area contributed by atoms with Gasteiger partial charge in [0.25, 0.3) is 0 Å². The maximum absolute atomic E-state index is 12.2. The third kappa shape index (κ3) is 4.66. The molecule has 2 unspecified atom stereocenters. The molecule has 1 fully saturated rings. The van der Waals surface area contributed by atoms with E-state index in [0.717, 1.165) is 23.4 Å². The van der Waals surface area contributed by atoms with Gasteiger partial charge in [0.15, 0.2) is 5.54 Å². The fourth-order valence-corrected chi connectivity index (χ4v) is 3.85. The van der Waals surface area contributed by atoms with Gasteiger partial charge in [0.1, 0.15) is 5.82 Å². The van der Waals surface area contributed by atoms with Crippen molar-refractivity contribution in [2.75, 3.05) is 0 Å². The smallest absolute Gasteiger partial charge is 0.479 e. The first-order valence-electron chi connectivity index (χ1n) is 9.66. The van der Waals surface area contributed by atoms with E-state index in [1.165, 1.54) is 0 Å². The summed E-state index contributed by atoms with van der Waals surface area (Å²) in [4.78, 5) is 25.5. The molecule has 0 radical (unpaired) electrons. The Morgan fingerprint density at radius 1 is 1.16 bits per heavy atom. The van der Waals surface area contributed by atoms with Crippen molar-refractivity contribution in [3.63, 3.8) is 0 Å². The lowest BCUT2D eigenvalue weighted by Crippen LogP contribution is -2.40. The van der Waals surface area contributed by atoms with E-state index in [1.807, 2.05) is 54.3 Å². The number of alkyl halides is 3. The predicted molar refractivity (Wildman–Crippen MR) is 107 cm³/mol. The number of carboxylic acid groups (broad SMARTS) is 2. The molecule has 3 aromatic rings. The maximum Gasteiger partial charge on any atom is 0.490 e. The molecule has 0 amide bonds. The normalized spacial score (nSPS) is 20.4. The van der Waals surface area contributed by atoms with Crippen LogP contribution in [0.1, 0.15) is 31.0 Å². The van der Waals surface area contributed by atoms with Crippen LogP contribution in [0.25, 0.3) is 11.1 Å². The Morgan fingerprint density at radius 2 is 1.81 bits per heavy atom. The summed E-state index contributed by atoms with van der Waals surface area (Å²) in [6.45, 7) is 0. The first kappa shape index (κ1) is 23.0. The van der Waals surface area contributed by atoms with Crippen LogP contribution in [0, 0.1) is 0 Å². The summed E-state index contributed by atoms with van der Waals surface area (Å²) in [5.74, 6) is -2.52. The molecule has 2 heterocycles. The van der Waals surface area contributed by atoms with Crippen LogP contribution in [0.5, 0.6) is 0 Å². The fourth-order valence-electron chi connectivity index (χ4n) is 3.85. The lowest BCUT2D eigenvalue weighted by atomic mass is 9.95. The minimum Gasteiger partial charge on any atom is -0.479 e. The van der Waals surface area contributed by atoms with Crippen LogP contribution in [0.3, 0.4) is 0 Å². The number of halogens is 3. The maximum atomic E-state index is 12.2. The van der Waals surface area contributed by atoms with Gasteiger partial charge in [0.05, 0.1) is 6.20 Å². The molecule has 1 aliphatic carbocycles. The Kier molecular flexibility index (Phi) is 6.37. The predicted octanol–water partition coefficient (Wildman–Crippen LogP) is 3.66. The second kappa shape index (κ2) is 8.85. The zero-order valence-electron chi connectivity index (χ0n) is 17.0. The van der Waals surface area contributed by atoms with Crippen molar-refractivity contribution in [1.29, 1.82) is 0 Å². The van der Waals surface area contributed by atoms with Gasteiger partial charge in [-0.05, 0) is 24.8 Å². The van der Waals surface area contributed by atoms with Crippen molar-refractivity contribution in [3.05, 3.63) is 60.9 Å². The fraction of sp³-hybridized carbons (Fsp3) is 0.333. The molecule has 0 saturated heterocycles. The van der Waals surface area contributed by atoms with Gasteiger partial charge in [-0.25, -0.2) is 14.6 Å². The molecule has 32 heavy (non-hydrogen) atoms. The van der Waals surface area contributed by atoms with Gasteiger partial charge in [0, 0.05) is 37.1 Å². The van der Waals surface area contributed by atoms with Crippen molar-refractivity contribution in [1.82, 2.24) is 19.3 Å². The number of carbonyl (C=O) groups is 2. The average molecular weight is 450 g/mol. The second-order valence-electron chi connectivity index (χ2n) is 7.52. The lowest BCUT2D eigenvalue weighted by molar-refractivity contribution is -0.192. The molecule has 2 N–H and O–H groups in total. The molecule has 2 aromatic heterocycles. The van der Waals surface area contributed by atoms with Gasteiger partial charge in [-0.1, -0.05) is 30.3 Å². The molecule has 0 aliphatic heterocycles. The van der Waals surface area contributed by atoms with E-state index in [0.29, 0.717) is 12.8 Å². The van der Waals surface area contributed by atoms with E-state index in [2.05, 4.69) is 10.1 Å². The third-order valence-electron chi connectivity index (χ3n) is 5.48. The number of hydrogen-bond acceptors (Lipinski definition) is 4. The molecule has 11 heteroatoms. The molecule has 1 aliphatic rings. The number of aromatic nitrogens is 4. The topological polar surface area (TPSA) is 110 Å². The second-order valence-corrected chi connectivity index (χ2v) is 7.52. The molecule has 0 spiro atoms. The summed E-state index contributed by atoms with van der Waals surface area (Å²) >= 11 is 0. The number of carboxylic acids is 2. The van der Waals surface area contributed by atoms with E-state index in [9.17, 15) is 23.1 Å². The monoisotopic (exact) mass is 450 g/mol. The first-order valence-corrected chi connectivity index (χ1v) is 9.66. The van der Waals surface area contributed by atoms with E-state index >= 15 is 0 Å². The summed E-state index contributed by atoms with van der Waals surface area (Å²) < 4.78 is 35.3. The van der Waals surface area contributed by atoms with Crippen LogP contribution >= 0.6 is 0 Å². The number of nitrogens with zero attached hydrogens (tertiary/aromatic N) is 4. The van der Waals surface area contributed by atoms with E-state index in [1.54, 1.807) is 17.1 Å². The number of aliphatic carboxylic acids is 2. The van der Waals surface area contributed by atoms with Gasteiger partial charge in [0.2, 0.25) is 0 Å². The summed E-state index contributed by atoms with van der Waals surface area (Å²) in [5, 5.41) is 21.5. The zero-order chi connectivity index (χ0) is 23.5. The molecule has 1 aromatic carbocycles. The molecule has 1 saturated carbocycles. The van der Waals surface area contributed by atoms with Crippen LogP contribution in [-0.4, -0.2) is 47.7 Å². The highest BCUT2D eigenvalue weighted by Gasteiger charge is 2.49. The highest BCUT2D eigenvalue weighted by molar-refractivity contribution is 5.77. The van der Waals surface area contributed by atoms with E-state index in [-0.39, 0.29) is 5.92 Å². The molecular weight excluding hydrogens is 429 g/mol. The SMILES string of the molecule is Cn1ccnc1C1CCC(C(=O)O)(n2cc(-c3ccccc3)cn2)C1.O=C(O)C(F)(F)F. The quantitative estimate of drug-likeness (QED) is 0.628. The number of imidazole rings is 1. The average Bonchev–Trinajstić information content (AvgIpc) is 3.48. The number of aryl methyl sites for hydroxylation is 1. The summed E-state index contributed by atoms with van der Waals surface area (Å²) in [6, 6.07) is 9.89. The summed E-state index contributed by atoms with van der Waals surface area (Å²) in [7, 11) is 1.95. The summed E-state index contributed by atoms with van der Waals surface area (Å²) in [5.41, 5.74) is 0.957. The van der Waals surface area contributed by atoms with Crippen molar-refractivity contribution in [2.24, 2.45) is 7.05 Å². The van der Waals surface area contributed by atoms with Crippen LogP contribution in [0.2, 0.25) is 0 Å². The molecular formula is C21H21F3N4O4. The number of hydrogen-bond donors (Lipinski definition) is 2. The molecule has 4 rings (SSSR count). The van der Waals surface area contributed by atoms with Crippen molar-refractivity contribution in [2.45, 2.75) is 36.9 Å². The largest absolute Gasteiger partial charge is 0.490 e. The first-order chi connectivity index (χ1) is 15.0. The summed E-state index contributed by atoms with van der Waals surface area (Å²) in [6.07, 6.45) is 4.02. The van der Waals surface area contributed by atoms with Crippen molar-refractivity contribution in [3.8, 4) is 11.1 Å². The van der Waals surface area contributed by atoms with Gasteiger partial charge < -0.3 is 14.8 Å². The molecule has 2 atom stereocenters. The number of benzene rings is 1. The van der Waals surface area contributed by atoms with Crippen LogP contribution in [0.15, 0.2) is 55.1 Å². The van der Waals surface area contributed by atoms with Gasteiger partial charge in [-0.3, -0.25) is 4.68 Å². The Morgan fingerprint density at radius 3 is 2.34 bits per heavy atom. The van der Waals surface area contributed by atoms with Gasteiger partial charge in [-0.2, -0.15) is 18.3 Å². The zero-order valence-corrected chi connectivity index (χ0v) is 17.0. The molecule has 8 nitrogen and oxygen atoms in total. The molecule has 170 valence electrons. The highest BCUT2D eigenvalue weighted by atomic mass is 19.4. The lowest BCUT2D eigenvalue weighted by Gasteiger charge is -2.25. The number of rotatable bonds is 4. The van der Waals surface area contributed by atoms with E-state index in [4.69, 9.17) is 9.90 Å². The van der Waals surface area contributed by atoms with E-state index < -0.39 is 23.7 Å².